The first kappa shape index (κ1) is 19.5. The SMILES string of the molecule is CCCCCCCNC(=O)c1cccc(C(=O)NC2CCCCC2)c1. The molecule has 0 spiro atoms. The summed E-state index contributed by atoms with van der Waals surface area (Å²) in [4.78, 5) is 24.7. The quantitative estimate of drug-likeness (QED) is 0.650. The van der Waals surface area contributed by atoms with E-state index < -0.39 is 0 Å². The van der Waals surface area contributed by atoms with E-state index in [4.69, 9.17) is 0 Å². The fraction of sp³-hybridized carbons (Fsp3) is 0.619. The molecule has 0 radical (unpaired) electrons. The molecule has 2 amide bonds. The van der Waals surface area contributed by atoms with Crippen LogP contribution in [-0.2, 0) is 0 Å². The zero-order chi connectivity index (χ0) is 17.9. The maximum Gasteiger partial charge on any atom is 0.251 e. The van der Waals surface area contributed by atoms with E-state index in [0.717, 1.165) is 25.7 Å². The van der Waals surface area contributed by atoms with Crippen LogP contribution in [0.25, 0.3) is 0 Å². The van der Waals surface area contributed by atoms with Crippen LogP contribution in [0.15, 0.2) is 24.3 Å². The van der Waals surface area contributed by atoms with Crippen LogP contribution in [0.3, 0.4) is 0 Å². The van der Waals surface area contributed by atoms with Gasteiger partial charge in [-0.1, -0.05) is 57.9 Å². The molecule has 0 aromatic heterocycles. The third-order valence-electron chi connectivity index (χ3n) is 4.89. The third kappa shape index (κ3) is 6.89. The number of hydrogen-bond donors (Lipinski definition) is 2. The summed E-state index contributed by atoms with van der Waals surface area (Å²) in [6, 6.07) is 7.31. The highest BCUT2D eigenvalue weighted by Gasteiger charge is 2.17. The van der Waals surface area contributed by atoms with Gasteiger partial charge in [0.05, 0.1) is 0 Å². The van der Waals surface area contributed by atoms with Crippen molar-refractivity contribution in [2.45, 2.75) is 77.2 Å². The van der Waals surface area contributed by atoms with Gasteiger partial charge < -0.3 is 10.6 Å². The minimum Gasteiger partial charge on any atom is -0.352 e. The van der Waals surface area contributed by atoms with Crippen molar-refractivity contribution in [3.05, 3.63) is 35.4 Å². The van der Waals surface area contributed by atoms with Crippen LogP contribution < -0.4 is 10.6 Å². The van der Waals surface area contributed by atoms with Crippen molar-refractivity contribution in [3.63, 3.8) is 0 Å². The van der Waals surface area contributed by atoms with E-state index in [1.54, 1.807) is 24.3 Å². The van der Waals surface area contributed by atoms with E-state index in [1.165, 1.54) is 38.5 Å². The highest BCUT2D eigenvalue weighted by atomic mass is 16.2. The van der Waals surface area contributed by atoms with Gasteiger partial charge in [-0.15, -0.1) is 0 Å². The fourth-order valence-corrected chi connectivity index (χ4v) is 3.35. The van der Waals surface area contributed by atoms with E-state index in [-0.39, 0.29) is 17.9 Å². The van der Waals surface area contributed by atoms with Crippen molar-refractivity contribution in [3.8, 4) is 0 Å². The number of carbonyl (C=O) groups is 2. The Morgan fingerprint density at radius 1 is 0.960 bits per heavy atom. The highest BCUT2D eigenvalue weighted by molar-refractivity contribution is 5.99. The summed E-state index contributed by atoms with van der Waals surface area (Å²) in [5.41, 5.74) is 1.13. The molecule has 1 saturated carbocycles. The smallest absolute Gasteiger partial charge is 0.251 e. The lowest BCUT2D eigenvalue weighted by Crippen LogP contribution is -2.36. The van der Waals surface area contributed by atoms with Gasteiger partial charge in [-0.25, -0.2) is 0 Å². The van der Waals surface area contributed by atoms with Crippen LogP contribution in [0.1, 0.15) is 91.8 Å². The Bertz CT molecular complexity index is 551. The van der Waals surface area contributed by atoms with Crippen molar-refractivity contribution in [1.82, 2.24) is 10.6 Å². The zero-order valence-corrected chi connectivity index (χ0v) is 15.5. The summed E-state index contributed by atoms with van der Waals surface area (Å²) in [7, 11) is 0. The summed E-state index contributed by atoms with van der Waals surface area (Å²) in [5.74, 6) is -0.163. The molecule has 1 aromatic rings. The molecule has 0 bridgehead atoms. The second kappa shape index (κ2) is 10.9. The number of nitrogens with one attached hydrogen (secondary N) is 2. The van der Waals surface area contributed by atoms with Crippen molar-refractivity contribution in [1.29, 1.82) is 0 Å². The van der Waals surface area contributed by atoms with E-state index in [1.807, 2.05) is 0 Å². The first-order chi connectivity index (χ1) is 12.2. The van der Waals surface area contributed by atoms with Crippen LogP contribution >= 0.6 is 0 Å². The van der Waals surface area contributed by atoms with Gasteiger partial charge in [0.2, 0.25) is 0 Å². The van der Waals surface area contributed by atoms with Gasteiger partial charge in [-0.05, 0) is 37.5 Å². The van der Waals surface area contributed by atoms with Crippen LogP contribution in [0.4, 0.5) is 0 Å². The molecule has 1 aromatic carbocycles. The van der Waals surface area contributed by atoms with Gasteiger partial charge in [0.25, 0.3) is 11.8 Å². The second-order valence-corrected chi connectivity index (χ2v) is 7.06. The van der Waals surface area contributed by atoms with Crippen LogP contribution in [0.2, 0.25) is 0 Å². The standard InChI is InChI=1S/C21H32N2O2/c1-2-3-4-5-9-15-22-20(24)17-11-10-12-18(16-17)21(25)23-19-13-7-6-8-14-19/h10-12,16,19H,2-9,13-15H2,1H3,(H,22,24)(H,23,25). The average Bonchev–Trinajstić information content (AvgIpc) is 2.65. The molecule has 1 aliphatic rings. The first-order valence-electron chi connectivity index (χ1n) is 9.90. The predicted molar refractivity (Wildman–Crippen MR) is 102 cm³/mol. The summed E-state index contributed by atoms with van der Waals surface area (Å²) in [6.45, 7) is 2.89. The van der Waals surface area contributed by atoms with Crippen LogP contribution in [-0.4, -0.2) is 24.4 Å². The molecule has 1 aliphatic carbocycles. The second-order valence-electron chi connectivity index (χ2n) is 7.06. The lowest BCUT2D eigenvalue weighted by molar-refractivity contribution is 0.0927. The molecular formula is C21H32N2O2. The molecule has 2 rings (SSSR count). The number of amides is 2. The summed E-state index contributed by atoms with van der Waals surface area (Å²) in [5, 5.41) is 6.06. The van der Waals surface area contributed by atoms with Gasteiger partial charge in [0.15, 0.2) is 0 Å². The molecule has 0 atom stereocenters. The molecule has 0 unspecified atom stereocenters. The summed E-state index contributed by atoms with van der Waals surface area (Å²) >= 11 is 0. The molecule has 4 nitrogen and oxygen atoms in total. The molecule has 1 fully saturated rings. The van der Waals surface area contributed by atoms with Gasteiger partial charge >= 0.3 is 0 Å². The minimum atomic E-state index is -0.0946. The normalized spacial score (nSPS) is 14.9. The Hall–Kier alpha value is -1.84. The Morgan fingerprint density at radius 3 is 2.36 bits per heavy atom. The van der Waals surface area contributed by atoms with Crippen molar-refractivity contribution < 1.29 is 9.59 Å². The van der Waals surface area contributed by atoms with Crippen molar-refractivity contribution in [2.24, 2.45) is 0 Å². The lowest BCUT2D eigenvalue weighted by atomic mass is 9.95. The predicted octanol–water partition coefficient (Wildman–Crippen LogP) is 4.45. The number of benzene rings is 1. The van der Waals surface area contributed by atoms with E-state index in [2.05, 4.69) is 17.6 Å². The van der Waals surface area contributed by atoms with Crippen molar-refractivity contribution in [2.75, 3.05) is 6.54 Å². The summed E-state index contributed by atoms with van der Waals surface area (Å²) in [6.07, 6.45) is 11.6. The topological polar surface area (TPSA) is 58.2 Å². The third-order valence-corrected chi connectivity index (χ3v) is 4.89. The Morgan fingerprint density at radius 2 is 1.64 bits per heavy atom. The molecular weight excluding hydrogens is 312 g/mol. The van der Waals surface area contributed by atoms with E-state index in [0.29, 0.717) is 17.7 Å². The van der Waals surface area contributed by atoms with Gasteiger partial charge in [0, 0.05) is 23.7 Å². The van der Waals surface area contributed by atoms with Gasteiger partial charge in [-0.3, -0.25) is 9.59 Å². The number of hydrogen-bond acceptors (Lipinski definition) is 2. The highest BCUT2D eigenvalue weighted by Crippen LogP contribution is 2.18. The Labute approximate surface area is 151 Å². The zero-order valence-electron chi connectivity index (χ0n) is 15.5. The van der Waals surface area contributed by atoms with Gasteiger partial charge in [0.1, 0.15) is 0 Å². The molecule has 4 heteroatoms. The number of rotatable bonds is 9. The van der Waals surface area contributed by atoms with E-state index >= 15 is 0 Å². The van der Waals surface area contributed by atoms with Crippen LogP contribution in [0.5, 0.6) is 0 Å². The summed E-state index contributed by atoms with van der Waals surface area (Å²) < 4.78 is 0. The number of unbranched alkanes of at least 4 members (excludes halogenated alkanes) is 4. The number of carbonyl (C=O) groups excluding carboxylic acids is 2. The maximum absolute atomic E-state index is 12.4. The van der Waals surface area contributed by atoms with Gasteiger partial charge in [-0.2, -0.15) is 0 Å². The molecule has 0 aliphatic heterocycles. The molecule has 25 heavy (non-hydrogen) atoms. The molecule has 138 valence electrons. The van der Waals surface area contributed by atoms with Crippen LogP contribution in [0, 0.1) is 0 Å². The van der Waals surface area contributed by atoms with E-state index in [9.17, 15) is 9.59 Å². The minimum absolute atomic E-state index is 0.0684. The first-order valence-corrected chi connectivity index (χ1v) is 9.90. The fourth-order valence-electron chi connectivity index (χ4n) is 3.35. The maximum atomic E-state index is 12.4. The molecule has 0 saturated heterocycles. The lowest BCUT2D eigenvalue weighted by Gasteiger charge is -2.22. The Balaban J connectivity index is 1.80. The average molecular weight is 344 g/mol. The molecule has 0 heterocycles. The largest absolute Gasteiger partial charge is 0.352 e. The monoisotopic (exact) mass is 344 g/mol. The molecule has 2 N–H and O–H groups in total. The Kier molecular flexibility index (Phi) is 8.50. The van der Waals surface area contributed by atoms with Crippen molar-refractivity contribution >= 4 is 11.8 Å².